The molecule has 0 aromatic heterocycles. The lowest BCUT2D eigenvalue weighted by Crippen LogP contribution is -2.49. The summed E-state index contributed by atoms with van der Waals surface area (Å²) in [6.07, 6.45) is 10.9. The van der Waals surface area contributed by atoms with Crippen molar-refractivity contribution < 1.29 is 9.66 Å². The van der Waals surface area contributed by atoms with Crippen LogP contribution in [0.3, 0.4) is 0 Å². The van der Waals surface area contributed by atoms with E-state index in [1.54, 1.807) is 6.07 Å². The second kappa shape index (κ2) is 7.85. The van der Waals surface area contributed by atoms with Gasteiger partial charge in [0.25, 0.3) is 5.69 Å². The number of ether oxygens (including phenoxy) is 1. The van der Waals surface area contributed by atoms with E-state index in [9.17, 15) is 15.4 Å². The van der Waals surface area contributed by atoms with Crippen LogP contribution in [0.5, 0.6) is 0 Å². The summed E-state index contributed by atoms with van der Waals surface area (Å²) >= 11 is 0. The van der Waals surface area contributed by atoms with Crippen molar-refractivity contribution >= 4 is 11.4 Å². The average molecular weight is 412 g/mol. The van der Waals surface area contributed by atoms with Gasteiger partial charge in [-0.15, -0.1) is 0 Å². The van der Waals surface area contributed by atoms with Gasteiger partial charge in [-0.05, 0) is 74.3 Å². The predicted molar refractivity (Wildman–Crippen MR) is 116 cm³/mol. The molecule has 30 heavy (non-hydrogen) atoms. The molecule has 1 aromatic carbocycles. The van der Waals surface area contributed by atoms with Crippen LogP contribution < -0.4 is 5.32 Å². The van der Waals surface area contributed by atoms with Gasteiger partial charge in [0.15, 0.2) is 0 Å². The monoisotopic (exact) mass is 411 g/mol. The molecule has 0 saturated heterocycles. The Kier molecular flexibility index (Phi) is 5.52. The highest BCUT2D eigenvalue weighted by atomic mass is 16.6. The van der Waals surface area contributed by atoms with E-state index in [0.717, 1.165) is 31.8 Å². The number of benzene rings is 1. The van der Waals surface area contributed by atoms with Crippen molar-refractivity contribution in [3.63, 3.8) is 0 Å². The maximum Gasteiger partial charge on any atom is 0.292 e. The van der Waals surface area contributed by atoms with Gasteiger partial charge in [0.05, 0.1) is 22.2 Å². The van der Waals surface area contributed by atoms with Gasteiger partial charge in [-0.25, -0.2) is 0 Å². The molecule has 6 heteroatoms. The molecule has 3 aliphatic rings. The minimum atomic E-state index is -0.382. The van der Waals surface area contributed by atoms with Crippen LogP contribution in [0.1, 0.15) is 77.2 Å². The maximum atomic E-state index is 11.5. The summed E-state index contributed by atoms with van der Waals surface area (Å²) in [6.45, 7) is 6.07. The Morgan fingerprint density at radius 3 is 2.60 bits per heavy atom. The molecular formula is C24H33N3O3. The number of nitro benzene ring substituents is 1. The fourth-order valence-electron chi connectivity index (χ4n) is 5.73. The standard InChI is InChI=1S/C24H33N3O3/c1-22(17-26-20-14-19(15-25)6-7-21(20)27(28)29)16-23(2,9-10-24(22)11-12-24)30-13-8-18-4-3-5-18/h6-7,14,18,26H,3-5,8-13,16-17H2,1-2H3. The van der Waals surface area contributed by atoms with Gasteiger partial charge in [-0.2, -0.15) is 5.26 Å². The third-order valence-electron chi connectivity index (χ3n) is 8.22. The third-order valence-corrected chi connectivity index (χ3v) is 8.22. The van der Waals surface area contributed by atoms with Gasteiger partial charge in [-0.3, -0.25) is 10.1 Å². The molecule has 3 saturated carbocycles. The van der Waals surface area contributed by atoms with Gasteiger partial charge >= 0.3 is 0 Å². The van der Waals surface area contributed by atoms with Crippen LogP contribution in [0.4, 0.5) is 11.4 Å². The van der Waals surface area contributed by atoms with E-state index < -0.39 is 0 Å². The molecule has 3 aliphatic carbocycles. The Labute approximate surface area is 179 Å². The van der Waals surface area contributed by atoms with Crippen LogP contribution in [0.2, 0.25) is 0 Å². The van der Waals surface area contributed by atoms with Gasteiger partial charge in [-0.1, -0.05) is 26.2 Å². The van der Waals surface area contributed by atoms with Gasteiger partial charge < -0.3 is 10.1 Å². The Morgan fingerprint density at radius 2 is 2.00 bits per heavy atom. The number of nitriles is 1. The van der Waals surface area contributed by atoms with Crippen molar-refractivity contribution in [2.24, 2.45) is 16.7 Å². The minimum Gasteiger partial charge on any atom is -0.379 e. The van der Waals surface area contributed by atoms with Crippen molar-refractivity contribution in [2.75, 3.05) is 18.5 Å². The van der Waals surface area contributed by atoms with Crippen molar-refractivity contribution in [1.82, 2.24) is 0 Å². The van der Waals surface area contributed by atoms with E-state index >= 15 is 0 Å². The molecule has 0 heterocycles. The topological polar surface area (TPSA) is 88.2 Å². The zero-order valence-electron chi connectivity index (χ0n) is 18.2. The van der Waals surface area contributed by atoms with Crippen LogP contribution in [-0.4, -0.2) is 23.7 Å². The average Bonchev–Trinajstić information content (AvgIpc) is 3.47. The molecule has 1 spiro atoms. The van der Waals surface area contributed by atoms with E-state index in [1.165, 1.54) is 50.7 Å². The number of rotatable bonds is 8. The lowest BCUT2D eigenvalue weighted by Gasteiger charge is -2.50. The number of nitrogens with one attached hydrogen (secondary N) is 1. The summed E-state index contributed by atoms with van der Waals surface area (Å²) in [6, 6.07) is 6.60. The molecule has 6 nitrogen and oxygen atoms in total. The highest BCUT2D eigenvalue weighted by Crippen LogP contribution is 2.67. The molecule has 162 valence electrons. The molecular weight excluding hydrogens is 378 g/mol. The van der Waals surface area contributed by atoms with Crippen molar-refractivity contribution in [3.8, 4) is 6.07 Å². The number of nitro groups is 1. The second-order valence-electron chi connectivity index (χ2n) is 10.4. The highest BCUT2D eigenvalue weighted by molar-refractivity contribution is 5.64. The number of hydrogen-bond donors (Lipinski definition) is 1. The summed E-state index contributed by atoms with van der Waals surface area (Å²) in [4.78, 5) is 11.1. The molecule has 2 unspecified atom stereocenters. The van der Waals surface area contributed by atoms with Crippen LogP contribution in [0.25, 0.3) is 0 Å². The van der Waals surface area contributed by atoms with Crippen molar-refractivity contribution in [1.29, 1.82) is 5.26 Å². The predicted octanol–water partition coefficient (Wildman–Crippen LogP) is 5.81. The van der Waals surface area contributed by atoms with Crippen LogP contribution in [0.15, 0.2) is 18.2 Å². The van der Waals surface area contributed by atoms with E-state index in [1.807, 2.05) is 0 Å². The minimum absolute atomic E-state index is 0.00693. The molecule has 3 fully saturated rings. The van der Waals surface area contributed by atoms with E-state index in [-0.39, 0.29) is 21.6 Å². The second-order valence-corrected chi connectivity index (χ2v) is 10.4. The van der Waals surface area contributed by atoms with Crippen molar-refractivity contribution in [3.05, 3.63) is 33.9 Å². The first-order chi connectivity index (χ1) is 14.3. The molecule has 2 atom stereocenters. The molecule has 0 aliphatic heterocycles. The molecule has 0 bridgehead atoms. The number of nitrogens with zero attached hydrogens (tertiary/aromatic N) is 2. The Hall–Kier alpha value is -2.13. The van der Waals surface area contributed by atoms with E-state index in [4.69, 9.17) is 4.74 Å². The first-order valence-electron chi connectivity index (χ1n) is 11.3. The summed E-state index contributed by atoms with van der Waals surface area (Å²) in [7, 11) is 0. The van der Waals surface area contributed by atoms with Gasteiger partial charge in [0.2, 0.25) is 0 Å². The summed E-state index contributed by atoms with van der Waals surface area (Å²) in [5.41, 5.74) is 1.09. The van der Waals surface area contributed by atoms with Crippen molar-refractivity contribution in [2.45, 2.75) is 77.2 Å². The normalized spacial score (nSPS) is 29.8. The van der Waals surface area contributed by atoms with E-state index in [2.05, 4.69) is 25.2 Å². The summed E-state index contributed by atoms with van der Waals surface area (Å²) in [5, 5.41) is 24.0. The summed E-state index contributed by atoms with van der Waals surface area (Å²) in [5.74, 6) is 0.855. The lowest BCUT2D eigenvalue weighted by atomic mass is 9.60. The lowest BCUT2D eigenvalue weighted by molar-refractivity contribution is -0.384. The quantitative estimate of drug-likeness (QED) is 0.430. The SMILES string of the molecule is CC1(OCCC2CCC2)CCC2(CC2)C(C)(CNc2cc(C#N)ccc2[N+](=O)[O-])C1. The Bertz CT molecular complexity index is 856. The molecule has 1 aromatic rings. The fourth-order valence-corrected chi connectivity index (χ4v) is 5.73. The number of anilines is 1. The van der Waals surface area contributed by atoms with Crippen LogP contribution in [0, 0.1) is 38.2 Å². The largest absolute Gasteiger partial charge is 0.379 e. The highest BCUT2D eigenvalue weighted by Gasteiger charge is 2.61. The van der Waals surface area contributed by atoms with Crippen LogP contribution >= 0.6 is 0 Å². The maximum absolute atomic E-state index is 11.5. The zero-order chi connectivity index (χ0) is 21.4. The first kappa shape index (κ1) is 21.1. The Balaban J connectivity index is 1.46. The van der Waals surface area contributed by atoms with E-state index in [0.29, 0.717) is 23.2 Å². The first-order valence-corrected chi connectivity index (χ1v) is 11.3. The molecule has 0 radical (unpaired) electrons. The number of hydrogen-bond acceptors (Lipinski definition) is 5. The molecule has 1 N–H and O–H groups in total. The third kappa shape index (κ3) is 4.05. The van der Waals surface area contributed by atoms with Gasteiger partial charge in [0.1, 0.15) is 5.69 Å². The molecule has 0 amide bonds. The Morgan fingerprint density at radius 1 is 1.27 bits per heavy atom. The zero-order valence-corrected chi connectivity index (χ0v) is 18.2. The van der Waals surface area contributed by atoms with Gasteiger partial charge in [0, 0.05) is 19.2 Å². The molecule has 4 rings (SSSR count). The van der Waals surface area contributed by atoms with Crippen LogP contribution in [-0.2, 0) is 4.74 Å². The fraction of sp³-hybridized carbons (Fsp3) is 0.708. The summed E-state index contributed by atoms with van der Waals surface area (Å²) < 4.78 is 6.46. The smallest absolute Gasteiger partial charge is 0.292 e.